The largest absolute Gasteiger partial charge is 0.216 e. The van der Waals surface area contributed by atoms with Crippen molar-refractivity contribution in [2.24, 2.45) is 0 Å². The molecule has 1 aromatic carbocycles. The van der Waals surface area contributed by atoms with Crippen LogP contribution in [-0.2, 0) is 9.84 Å². The van der Waals surface area contributed by atoms with Crippen LogP contribution in [0.4, 0.5) is 13.2 Å². The molecule has 0 aliphatic carbocycles. The number of benzene rings is 1. The standard InChI is InChI=1S/C9H5F3O2S/c1-15(13,14)3-2-7-8(11)4-6(10)5-9(7)12/h4-5H,1H3. The maximum atomic E-state index is 12.9. The minimum absolute atomic E-state index is 0.426. The summed E-state index contributed by atoms with van der Waals surface area (Å²) in [6.45, 7) is 0. The first kappa shape index (κ1) is 11.6. The quantitative estimate of drug-likeness (QED) is 0.637. The summed E-state index contributed by atoms with van der Waals surface area (Å²) >= 11 is 0. The highest BCUT2D eigenvalue weighted by atomic mass is 32.2. The summed E-state index contributed by atoms with van der Waals surface area (Å²) in [6.07, 6.45) is 0.791. The molecule has 0 spiro atoms. The van der Waals surface area contributed by atoms with E-state index in [0.717, 1.165) is 6.26 Å². The molecule has 0 unspecified atom stereocenters. The molecular formula is C9H5F3O2S. The Kier molecular flexibility index (Phi) is 3.05. The number of hydrogen-bond acceptors (Lipinski definition) is 2. The maximum Gasteiger partial charge on any atom is 0.214 e. The van der Waals surface area contributed by atoms with Gasteiger partial charge in [0.1, 0.15) is 17.5 Å². The third-order valence-electron chi connectivity index (χ3n) is 1.37. The van der Waals surface area contributed by atoms with Crippen LogP contribution in [0.3, 0.4) is 0 Å². The SMILES string of the molecule is CS(=O)(=O)C#Cc1c(F)cc(F)cc1F. The van der Waals surface area contributed by atoms with E-state index >= 15 is 0 Å². The van der Waals surface area contributed by atoms with E-state index in [2.05, 4.69) is 0 Å². The lowest BCUT2D eigenvalue weighted by Gasteiger charge is -1.96. The van der Waals surface area contributed by atoms with Gasteiger partial charge in [0.25, 0.3) is 0 Å². The van der Waals surface area contributed by atoms with Gasteiger partial charge in [0.05, 0.1) is 11.8 Å². The first-order valence-electron chi connectivity index (χ1n) is 3.67. The van der Waals surface area contributed by atoms with Gasteiger partial charge in [-0.05, 0) is 5.92 Å². The molecule has 0 atom stereocenters. The van der Waals surface area contributed by atoms with Crippen molar-refractivity contribution in [2.45, 2.75) is 0 Å². The monoisotopic (exact) mass is 234 g/mol. The molecule has 0 aromatic heterocycles. The van der Waals surface area contributed by atoms with Crippen molar-refractivity contribution in [2.75, 3.05) is 6.26 Å². The number of hydrogen-bond donors (Lipinski definition) is 0. The summed E-state index contributed by atoms with van der Waals surface area (Å²) in [5.74, 6) is -1.76. The first-order chi connectivity index (χ1) is 6.79. The van der Waals surface area contributed by atoms with Crippen molar-refractivity contribution in [3.63, 3.8) is 0 Å². The van der Waals surface area contributed by atoms with Crippen LogP contribution in [-0.4, -0.2) is 14.7 Å². The molecule has 15 heavy (non-hydrogen) atoms. The predicted molar refractivity (Wildman–Crippen MR) is 48.0 cm³/mol. The number of rotatable bonds is 0. The van der Waals surface area contributed by atoms with E-state index in [4.69, 9.17) is 0 Å². The molecule has 0 saturated carbocycles. The third kappa shape index (κ3) is 3.29. The van der Waals surface area contributed by atoms with Crippen LogP contribution < -0.4 is 0 Å². The third-order valence-corrected chi connectivity index (χ3v) is 1.84. The zero-order valence-corrected chi connectivity index (χ0v) is 8.33. The Labute approximate surface area is 84.6 Å². The van der Waals surface area contributed by atoms with E-state index < -0.39 is 32.9 Å². The Bertz CT molecular complexity index is 529. The van der Waals surface area contributed by atoms with Gasteiger partial charge in [0.2, 0.25) is 9.84 Å². The summed E-state index contributed by atoms with van der Waals surface area (Å²) in [6, 6.07) is 0.852. The van der Waals surface area contributed by atoms with Crippen molar-refractivity contribution in [1.29, 1.82) is 0 Å². The Morgan fingerprint density at radius 2 is 1.60 bits per heavy atom. The van der Waals surface area contributed by atoms with Gasteiger partial charge in [-0.3, -0.25) is 0 Å². The normalized spacial score (nSPS) is 10.7. The van der Waals surface area contributed by atoms with Crippen LogP contribution in [0.2, 0.25) is 0 Å². The number of halogens is 3. The molecule has 6 heteroatoms. The topological polar surface area (TPSA) is 34.1 Å². The first-order valence-corrected chi connectivity index (χ1v) is 5.56. The second kappa shape index (κ2) is 3.95. The zero-order chi connectivity index (χ0) is 11.6. The van der Waals surface area contributed by atoms with Gasteiger partial charge in [-0.2, -0.15) is 0 Å². The predicted octanol–water partition coefficient (Wildman–Crippen LogP) is 1.46. The average molecular weight is 234 g/mol. The van der Waals surface area contributed by atoms with Gasteiger partial charge >= 0.3 is 0 Å². The van der Waals surface area contributed by atoms with Gasteiger partial charge < -0.3 is 0 Å². The maximum absolute atomic E-state index is 12.9. The van der Waals surface area contributed by atoms with Crippen LogP contribution in [0, 0.1) is 28.6 Å². The van der Waals surface area contributed by atoms with Crippen molar-refractivity contribution >= 4 is 9.84 Å². The molecule has 0 saturated heterocycles. The molecule has 1 rings (SSSR count). The van der Waals surface area contributed by atoms with E-state index in [1.54, 1.807) is 11.2 Å². The lowest BCUT2D eigenvalue weighted by molar-refractivity contribution is 0.539. The minimum atomic E-state index is -3.65. The summed E-state index contributed by atoms with van der Waals surface area (Å²) in [5.41, 5.74) is -0.762. The summed E-state index contributed by atoms with van der Waals surface area (Å²) < 4.78 is 59.5. The fourth-order valence-electron chi connectivity index (χ4n) is 0.805. The van der Waals surface area contributed by atoms with E-state index in [9.17, 15) is 21.6 Å². The van der Waals surface area contributed by atoms with Crippen molar-refractivity contribution in [3.05, 3.63) is 35.1 Å². The van der Waals surface area contributed by atoms with E-state index in [1.165, 1.54) is 0 Å². The summed E-state index contributed by atoms with van der Waals surface area (Å²) in [5, 5.41) is 1.66. The molecule has 80 valence electrons. The molecule has 0 N–H and O–H groups in total. The van der Waals surface area contributed by atoms with Crippen LogP contribution >= 0.6 is 0 Å². The van der Waals surface area contributed by atoms with Crippen LogP contribution in [0.5, 0.6) is 0 Å². The Morgan fingerprint density at radius 1 is 1.13 bits per heavy atom. The second-order valence-corrected chi connectivity index (χ2v) is 4.49. The Hall–Kier alpha value is -1.48. The van der Waals surface area contributed by atoms with Crippen molar-refractivity contribution in [3.8, 4) is 11.2 Å². The fraction of sp³-hybridized carbons (Fsp3) is 0.111. The molecular weight excluding hydrogens is 229 g/mol. The highest BCUT2D eigenvalue weighted by Gasteiger charge is 2.09. The van der Waals surface area contributed by atoms with Crippen LogP contribution in [0.1, 0.15) is 5.56 Å². The zero-order valence-electron chi connectivity index (χ0n) is 7.51. The molecule has 2 nitrogen and oxygen atoms in total. The Balaban J connectivity index is 3.32. The molecule has 0 heterocycles. The van der Waals surface area contributed by atoms with E-state index in [0.29, 0.717) is 12.1 Å². The molecule has 0 radical (unpaired) electrons. The molecule has 0 aliphatic heterocycles. The van der Waals surface area contributed by atoms with E-state index in [1.807, 2.05) is 0 Å². The smallest absolute Gasteiger partial charge is 0.214 e. The molecule has 0 fully saturated rings. The highest BCUT2D eigenvalue weighted by molar-refractivity contribution is 7.95. The fourth-order valence-corrected chi connectivity index (χ4v) is 1.09. The molecule has 0 bridgehead atoms. The summed E-state index contributed by atoms with van der Waals surface area (Å²) in [7, 11) is -3.65. The van der Waals surface area contributed by atoms with E-state index in [-0.39, 0.29) is 0 Å². The van der Waals surface area contributed by atoms with Gasteiger partial charge in [-0.1, -0.05) is 0 Å². The van der Waals surface area contributed by atoms with Gasteiger partial charge in [-0.25, -0.2) is 21.6 Å². The minimum Gasteiger partial charge on any atom is -0.216 e. The average Bonchev–Trinajstić information content (AvgIpc) is 1.99. The summed E-state index contributed by atoms with van der Waals surface area (Å²) in [4.78, 5) is 0. The second-order valence-electron chi connectivity index (χ2n) is 2.74. The lowest BCUT2D eigenvalue weighted by Crippen LogP contribution is -1.94. The van der Waals surface area contributed by atoms with Gasteiger partial charge in [0.15, 0.2) is 0 Å². The molecule has 1 aromatic rings. The molecule has 0 amide bonds. The number of sulfone groups is 1. The van der Waals surface area contributed by atoms with Crippen LogP contribution in [0.15, 0.2) is 12.1 Å². The van der Waals surface area contributed by atoms with Crippen molar-refractivity contribution in [1.82, 2.24) is 0 Å². The Morgan fingerprint density at radius 3 is 2.00 bits per heavy atom. The highest BCUT2D eigenvalue weighted by Crippen LogP contribution is 2.13. The van der Waals surface area contributed by atoms with Gasteiger partial charge in [-0.15, -0.1) is 0 Å². The molecule has 0 aliphatic rings. The van der Waals surface area contributed by atoms with Crippen molar-refractivity contribution < 1.29 is 21.6 Å². The lowest BCUT2D eigenvalue weighted by atomic mass is 10.2. The van der Waals surface area contributed by atoms with Crippen LogP contribution in [0.25, 0.3) is 0 Å². The van der Waals surface area contributed by atoms with Gasteiger partial charge in [0, 0.05) is 17.4 Å².